The molecule has 15 heavy (non-hydrogen) atoms. The van der Waals surface area contributed by atoms with Crippen LogP contribution in [0, 0.1) is 11.7 Å². The maximum Gasteiger partial charge on any atom is 0.165 e. The summed E-state index contributed by atoms with van der Waals surface area (Å²) in [5, 5.41) is 0. The van der Waals surface area contributed by atoms with E-state index in [0.29, 0.717) is 18.3 Å². The van der Waals surface area contributed by atoms with Gasteiger partial charge in [0.25, 0.3) is 0 Å². The molecule has 84 valence electrons. The van der Waals surface area contributed by atoms with Gasteiger partial charge in [-0.2, -0.15) is 0 Å². The third-order valence-corrected chi connectivity index (χ3v) is 2.05. The summed E-state index contributed by atoms with van der Waals surface area (Å²) in [6.45, 7) is 6.39. The minimum Gasteiger partial charge on any atom is -0.490 e. The predicted octanol–water partition coefficient (Wildman–Crippen LogP) is 2.88. The van der Waals surface area contributed by atoms with Crippen molar-refractivity contribution in [1.82, 2.24) is 0 Å². The van der Waals surface area contributed by atoms with Crippen molar-refractivity contribution in [2.75, 3.05) is 6.61 Å². The molecule has 2 nitrogen and oxygen atoms in total. The van der Waals surface area contributed by atoms with Crippen molar-refractivity contribution >= 4 is 0 Å². The maximum absolute atomic E-state index is 13.5. The zero-order chi connectivity index (χ0) is 11.4. The maximum atomic E-state index is 13.5. The largest absolute Gasteiger partial charge is 0.490 e. The van der Waals surface area contributed by atoms with E-state index in [1.54, 1.807) is 12.1 Å². The van der Waals surface area contributed by atoms with E-state index < -0.39 is 0 Å². The van der Waals surface area contributed by atoms with Gasteiger partial charge in [-0.15, -0.1) is 0 Å². The summed E-state index contributed by atoms with van der Waals surface area (Å²) < 4.78 is 18.8. The smallest absolute Gasteiger partial charge is 0.165 e. The summed E-state index contributed by atoms with van der Waals surface area (Å²) >= 11 is 0. The molecule has 1 rings (SSSR count). The molecule has 0 fully saturated rings. The van der Waals surface area contributed by atoms with Gasteiger partial charge in [0, 0.05) is 6.04 Å². The van der Waals surface area contributed by atoms with Gasteiger partial charge in [-0.05, 0) is 30.5 Å². The van der Waals surface area contributed by atoms with E-state index in [1.165, 1.54) is 6.07 Å². The lowest BCUT2D eigenvalue weighted by Crippen LogP contribution is -2.08. The molecule has 0 aliphatic heterocycles. The SMILES string of the molecule is CC(C)COc1ccc([C@@H](C)N)cc1F. The molecule has 0 heterocycles. The molecule has 0 saturated heterocycles. The minimum absolute atomic E-state index is 0.154. The number of hydrogen-bond acceptors (Lipinski definition) is 2. The van der Waals surface area contributed by atoms with Gasteiger partial charge in [0.15, 0.2) is 11.6 Å². The van der Waals surface area contributed by atoms with Crippen molar-refractivity contribution < 1.29 is 9.13 Å². The Balaban J connectivity index is 2.75. The van der Waals surface area contributed by atoms with Gasteiger partial charge in [-0.1, -0.05) is 19.9 Å². The van der Waals surface area contributed by atoms with E-state index in [0.717, 1.165) is 5.56 Å². The van der Waals surface area contributed by atoms with Crippen molar-refractivity contribution in [3.8, 4) is 5.75 Å². The molecular weight excluding hydrogens is 193 g/mol. The Labute approximate surface area is 90.2 Å². The molecule has 1 aromatic rings. The Bertz CT molecular complexity index is 323. The van der Waals surface area contributed by atoms with E-state index in [-0.39, 0.29) is 11.9 Å². The van der Waals surface area contributed by atoms with Crippen molar-refractivity contribution in [2.24, 2.45) is 11.7 Å². The molecule has 1 atom stereocenters. The monoisotopic (exact) mass is 211 g/mol. The topological polar surface area (TPSA) is 35.2 Å². The molecule has 0 bridgehead atoms. The second kappa shape index (κ2) is 5.12. The van der Waals surface area contributed by atoms with Gasteiger partial charge in [0.1, 0.15) is 0 Å². The first kappa shape index (κ1) is 12.0. The summed E-state index contributed by atoms with van der Waals surface area (Å²) in [4.78, 5) is 0. The van der Waals surface area contributed by atoms with Crippen LogP contribution < -0.4 is 10.5 Å². The average molecular weight is 211 g/mol. The van der Waals surface area contributed by atoms with E-state index in [4.69, 9.17) is 10.5 Å². The first-order valence-corrected chi connectivity index (χ1v) is 5.18. The number of nitrogens with two attached hydrogens (primary N) is 1. The van der Waals surface area contributed by atoms with Crippen molar-refractivity contribution in [2.45, 2.75) is 26.8 Å². The fourth-order valence-electron chi connectivity index (χ4n) is 1.17. The number of benzene rings is 1. The summed E-state index contributed by atoms with van der Waals surface area (Å²) in [6.07, 6.45) is 0. The third-order valence-electron chi connectivity index (χ3n) is 2.05. The van der Waals surface area contributed by atoms with Gasteiger partial charge < -0.3 is 10.5 Å². The first-order chi connectivity index (χ1) is 7.00. The van der Waals surface area contributed by atoms with Gasteiger partial charge in [-0.25, -0.2) is 4.39 Å². The Morgan fingerprint density at radius 2 is 2.00 bits per heavy atom. The van der Waals surface area contributed by atoms with Crippen molar-refractivity contribution in [1.29, 1.82) is 0 Å². The van der Waals surface area contributed by atoms with Crippen LogP contribution in [0.2, 0.25) is 0 Å². The fraction of sp³-hybridized carbons (Fsp3) is 0.500. The Hall–Kier alpha value is -1.09. The summed E-state index contributed by atoms with van der Waals surface area (Å²) in [5.74, 6) is 0.344. The van der Waals surface area contributed by atoms with Crippen molar-refractivity contribution in [3.63, 3.8) is 0 Å². The number of rotatable bonds is 4. The van der Waals surface area contributed by atoms with Crippen LogP contribution in [-0.2, 0) is 0 Å². The molecule has 3 heteroatoms. The standard InChI is InChI=1S/C12H18FNO/c1-8(2)7-15-12-5-4-10(9(3)14)6-11(12)13/h4-6,8-9H,7,14H2,1-3H3/t9-/m1/s1. The first-order valence-electron chi connectivity index (χ1n) is 5.18. The predicted molar refractivity (Wildman–Crippen MR) is 59.3 cm³/mol. The molecule has 2 N–H and O–H groups in total. The van der Waals surface area contributed by atoms with Crippen LogP contribution >= 0.6 is 0 Å². The van der Waals surface area contributed by atoms with Crippen LogP contribution in [0.1, 0.15) is 32.4 Å². The number of ether oxygens (including phenoxy) is 1. The minimum atomic E-state index is -0.342. The highest BCUT2D eigenvalue weighted by Crippen LogP contribution is 2.21. The van der Waals surface area contributed by atoms with Crippen LogP contribution in [-0.4, -0.2) is 6.61 Å². The zero-order valence-corrected chi connectivity index (χ0v) is 9.46. The van der Waals surface area contributed by atoms with Crippen LogP contribution in [0.3, 0.4) is 0 Å². The fourth-order valence-corrected chi connectivity index (χ4v) is 1.17. The third kappa shape index (κ3) is 3.51. The molecular formula is C12H18FNO. The molecule has 1 aromatic carbocycles. The van der Waals surface area contributed by atoms with E-state index in [1.807, 2.05) is 20.8 Å². The normalized spacial score (nSPS) is 12.9. The van der Waals surface area contributed by atoms with Crippen LogP contribution in [0.5, 0.6) is 5.75 Å². The van der Waals surface area contributed by atoms with Gasteiger partial charge >= 0.3 is 0 Å². The van der Waals surface area contributed by atoms with Gasteiger partial charge in [0.05, 0.1) is 6.61 Å². The Morgan fingerprint density at radius 1 is 1.33 bits per heavy atom. The highest BCUT2D eigenvalue weighted by molar-refractivity contribution is 5.30. The Kier molecular flexibility index (Phi) is 4.09. The molecule has 0 unspecified atom stereocenters. The Morgan fingerprint density at radius 3 is 2.47 bits per heavy atom. The lowest BCUT2D eigenvalue weighted by molar-refractivity contribution is 0.259. The molecule has 0 radical (unpaired) electrons. The lowest BCUT2D eigenvalue weighted by Gasteiger charge is -2.11. The van der Waals surface area contributed by atoms with E-state index in [9.17, 15) is 4.39 Å². The van der Waals surface area contributed by atoms with Gasteiger partial charge in [-0.3, -0.25) is 0 Å². The summed E-state index contributed by atoms with van der Waals surface area (Å²) in [7, 11) is 0. The zero-order valence-electron chi connectivity index (χ0n) is 9.46. The lowest BCUT2D eigenvalue weighted by atomic mass is 10.1. The van der Waals surface area contributed by atoms with Crippen molar-refractivity contribution in [3.05, 3.63) is 29.6 Å². The van der Waals surface area contributed by atoms with E-state index >= 15 is 0 Å². The highest BCUT2D eigenvalue weighted by atomic mass is 19.1. The molecule has 0 aliphatic rings. The van der Waals surface area contributed by atoms with Crippen LogP contribution in [0.25, 0.3) is 0 Å². The van der Waals surface area contributed by atoms with Crippen LogP contribution in [0.4, 0.5) is 4.39 Å². The molecule has 0 amide bonds. The molecule has 0 spiro atoms. The quantitative estimate of drug-likeness (QED) is 0.831. The van der Waals surface area contributed by atoms with E-state index in [2.05, 4.69) is 0 Å². The summed E-state index contributed by atoms with van der Waals surface area (Å²) in [6, 6.07) is 4.71. The molecule has 0 saturated carbocycles. The molecule has 0 aliphatic carbocycles. The average Bonchev–Trinajstić information content (AvgIpc) is 2.15. The number of hydrogen-bond donors (Lipinski definition) is 1. The van der Waals surface area contributed by atoms with Crippen LogP contribution in [0.15, 0.2) is 18.2 Å². The second-order valence-corrected chi connectivity index (χ2v) is 4.18. The molecule has 0 aromatic heterocycles. The number of halogens is 1. The second-order valence-electron chi connectivity index (χ2n) is 4.18. The van der Waals surface area contributed by atoms with Gasteiger partial charge in [0.2, 0.25) is 0 Å². The highest BCUT2D eigenvalue weighted by Gasteiger charge is 2.07. The summed E-state index contributed by atoms with van der Waals surface area (Å²) in [5.41, 5.74) is 6.43.